The van der Waals surface area contributed by atoms with E-state index >= 15 is 0 Å². The molecule has 19 heavy (non-hydrogen) atoms. The van der Waals surface area contributed by atoms with Crippen molar-refractivity contribution in [2.75, 3.05) is 18.0 Å². The van der Waals surface area contributed by atoms with Crippen LogP contribution < -0.4 is 4.90 Å². The molecule has 1 aromatic heterocycles. The van der Waals surface area contributed by atoms with E-state index in [9.17, 15) is 9.65 Å². The Balaban J connectivity index is 2.05. The standard InChI is InChI=1S/C15H14FN3/c16-13-6-2-1-5-12(13)14-9-11(10-17)15(18-14)19-7-3-4-8-19/h1-2,5-6,9,18H,3-4,7-8H2. The average Bonchev–Trinajstić information content (AvgIpc) is 3.08. The van der Waals surface area contributed by atoms with Crippen LogP contribution in [-0.2, 0) is 0 Å². The summed E-state index contributed by atoms with van der Waals surface area (Å²) in [7, 11) is 0. The van der Waals surface area contributed by atoms with Crippen molar-refractivity contribution in [2.24, 2.45) is 0 Å². The number of nitriles is 1. The van der Waals surface area contributed by atoms with Gasteiger partial charge in [-0.2, -0.15) is 5.26 Å². The number of halogens is 1. The van der Waals surface area contributed by atoms with Crippen LogP contribution in [0, 0.1) is 17.1 Å². The minimum atomic E-state index is -0.277. The quantitative estimate of drug-likeness (QED) is 0.894. The number of aromatic amines is 1. The second-order valence-electron chi connectivity index (χ2n) is 4.73. The molecule has 0 saturated carbocycles. The third kappa shape index (κ3) is 2.08. The fourth-order valence-corrected chi connectivity index (χ4v) is 2.54. The fourth-order valence-electron chi connectivity index (χ4n) is 2.54. The van der Waals surface area contributed by atoms with Crippen LogP contribution in [0.3, 0.4) is 0 Å². The second kappa shape index (κ2) is 4.77. The molecular weight excluding hydrogens is 241 g/mol. The molecule has 0 spiro atoms. The number of hydrogen-bond donors (Lipinski definition) is 1. The molecule has 1 aliphatic heterocycles. The first-order valence-corrected chi connectivity index (χ1v) is 6.42. The summed E-state index contributed by atoms with van der Waals surface area (Å²) in [6, 6.07) is 10.5. The highest BCUT2D eigenvalue weighted by Crippen LogP contribution is 2.30. The molecule has 2 heterocycles. The summed E-state index contributed by atoms with van der Waals surface area (Å²) in [6.45, 7) is 1.90. The molecule has 3 nitrogen and oxygen atoms in total. The smallest absolute Gasteiger partial charge is 0.132 e. The molecule has 96 valence electrons. The van der Waals surface area contributed by atoms with Gasteiger partial charge in [-0.05, 0) is 31.0 Å². The third-order valence-corrected chi connectivity index (χ3v) is 3.50. The van der Waals surface area contributed by atoms with E-state index in [1.807, 2.05) is 0 Å². The van der Waals surface area contributed by atoms with Crippen molar-refractivity contribution in [3.05, 3.63) is 41.7 Å². The molecule has 0 aliphatic carbocycles. The fraction of sp³-hybridized carbons (Fsp3) is 0.267. The van der Waals surface area contributed by atoms with Gasteiger partial charge in [0.05, 0.1) is 11.3 Å². The van der Waals surface area contributed by atoms with E-state index in [1.54, 1.807) is 24.3 Å². The van der Waals surface area contributed by atoms with Gasteiger partial charge in [0.25, 0.3) is 0 Å². The van der Waals surface area contributed by atoms with Crippen molar-refractivity contribution in [1.29, 1.82) is 5.26 Å². The SMILES string of the molecule is N#Cc1cc(-c2ccccc2F)[nH]c1N1CCCC1. The van der Waals surface area contributed by atoms with Gasteiger partial charge < -0.3 is 9.88 Å². The summed E-state index contributed by atoms with van der Waals surface area (Å²) in [5.74, 6) is 0.541. The zero-order valence-electron chi connectivity index (χ0n) is 10.5. The van der Waals surface area contributed by atoms with E-state index in [2.05, 4.69) is 16.0 Å². The van der Waals surface area contributed by atoms with Gasteiger partial charge in [-0.25, -0.2) is 4.39 Å². The second-order valence-corrected chi connectivity index (χ2v) is 4.73. The van der Waals surface area contributed by atoms with Crippen LogP contribution in [0.15, 0.2) is 30.3 Å². The maximum Gasteiger partial charge on any atom is 0.132 e. The lowest BCUT2D eigenvalue weighted by molar-refractivity contribution is 0.631. The minimum absolute atomic E-state index is 0.277. The molecule has 2 aromatic rings. The third-order valence-electron chi connectivity index (χ3n) is 3.50. The normalized spacial score (nSPS) is 14.6. The number of H-pyrrole nitrogens is 1. The molecule has 0 unspecified atom stereocenters. The highest BCUT2D eigenvalue weighted by Gasteiger charge is 2.19. The summed E-state index contributed by atoms with van der Waals surface area (Å²) in [6.07, 6.45) is 2.28. The van der Waals surface area contributed by atoms with Gasteiger partial charge >= 0.3 is 0 Å². The molecule has 1 N–H and O–H groups in total. The molecule has 1 fully saturated rings. The van der Waals surface area contributed by atoms with Gasteiger partial charge in [-0.1, -0.05) is 12.1 Å². The summed E-state index contributed by atoms with van der Waals surface area (Å²) < 4.78 is 13.8. The summed E-state index contributed by atoms with van der Waals surface area (Å²) in [4.78, 5) is 5.35. The van der Waals surface area contributed by atoms with E-state index < -0.39 is 0 Å². The lowest BCUT2D eigenvalue weighted by Crippen LogP contribution is -2.18. The maximum atomic E-state index is 13.8. The number of rotatable bonds is 2. The van der Waals surface area contributed by atoms with Crippen molar-refractivity contribution >= 4 is 5.82 Å². The van der Waals surface area contributed by atoms with Crippen molar-refractivity contribution in [1.82, 2.24) is 4.98 Å². The molecule has 0 amide bonds. The Bertz CT molecular complexity index is 633. The first kappa shape index (κ1) is 11.8. The molecule has 0 atom stereocenters. The zero-order valence-corrected chi connectivity index (χ0v) is 10.5. The highest BCUT2D eigenvalue weighted by atomic mass is 19.1. The Morgan fingerprint density at radius 2 is 1.95 bits per heavy atom. The Morgan fingerprint density at radius 1 is 1.21 bits per heavy atom. The topological polar surface area (TPSA) is 42.8 Å². The Hall–Kier alpha value is -2.28. The van der Waals surface area contributed by atoms with Crippen LogP contribution in [0.1, 0.15) is 18.4 Å². The van der Waals surface area contributed by atoms with E-state index in [1.165, 1.54) is 6.07 Å². The number of nitrogens with zero attached hydrogens (tertiary/aromatic N) is 2. The van der Waals surface area contributed by atoms with Gasteiger partial charge in [0.15, 0.2) is 0 Å². The number of hydrogen-bond acceptors (Lipinski definition) is 2. The van der Waals surface area contributed by atoms with Crippen LogP contribution in [0.4, 0.5) is 10.2 Å². The Morgan fingerprint density at radius 3 is 2.63 bits per heavy atom. The van der Waals surface area contributed by atoms with E-state index in [-0.39, 0.29) is 5.82 Å². The largest absolute Gasteiger partial charge is 0.357 e. The first-order chi connectivity index (χ1) is 9.29. The molecular formula is C15H14FN3. The van der Waals surface area contributed by atoms with Gasteiger partial charge in [-0.15, -0.1) is 0 Å². The van der Waals surface area contributed by atoms with Gasteiger partial charge in [0, 0.05) is 18.7 Å². The molecule has 1 aromatic carbocycles. The molecule has 1 aliphatic rings. The van der Waals surface area contributed by atoms with E-state index in [0.29, 0.717) is 16.8 Å². The van der Waals surface area contributed by atoms with Crippen LogP contribution >= 0.6 is 0 Å². The summed E-state index contributed by atoms with van der Waals surface area (Å²) in [5, 5.41) is 9.22. The number of benzene rings is 1. The van der Waals surface area contributed by atoms with Crippen LogP contribution in [0.2, 0.25) is 0 Å². The monoisotopic (exact) mass is 255 g/mol. The zero-order chi connectivity index (χ0) is 13.2. The predicted octanol–water partition coefficient (Wildman–Crippen LogP) is 3.29. The summed E-state index contributed by atoms with van der Waals surface area (Å²) >= 11 is 0. The predicted molar refractivity (Wildman–Crippen MR) is 72.3 cm³/mol. The molecule has 0 bridgehead atoms. The van der Waals surface area contributed by atoms with Gasteiger partial charge in [-0.3, -0.25) is 0 Å². The summed E-state index contributed by atoms with van der Waals surface area (Å²) in [5.41, 5.74) is 1.75. The lowest BCUT2D eigenvalue weighted by Gasteiger charge is -2.15. The molecule has 0 radical (unpaired) electrons. The van der Waals surface area contributed by atoms with E-state index in [0.717, 1.165) is 31.7 Å². The van der Waals surface area contributed by atoms with Crippen molar-refractivity contribution in [3.8, 4) is 17.3 Å². The highest BCUT2D eigenvalue weighted by molar-refractivity contribution is 5.69. The number of anilines is 1. The van der Waals surface area contributed by atoms with Crippen molar-refractivity contribution in [3.63, 3.8) is 0 Å². The van der Waals surface area contributed by atoms with Crippen molar-refractivity contribution < 1.29 is 4.39 Å². The van der Waals surface area contributed by atoms with Crippen LogP contribution in [0.25, 0.3) is 11.3 Å². The lowest BCUT2D eigenvalue weighted by atomic mass is 10.1. The Kier molecular flexibility index (Phi) is 2.96. The van der Waals surface area contributed by atoms with Crippen LogP contribution in [0.5, 0.6) is 0 Å². The molecule has 3 rings (SSSR count). The molecule has 1 saturated heterocycles. The first-order valence-electron chi connectivity index (χ1n) is 6.42. The maximum absolute atomic E-state index is 13.8. The number of aromatic nitrogens is 1. The van der Waals surface area contributed by atoms with Crippen molar-refractivity contribution in [2.45, 2.75) is 12.8 Å². The van der Waals surface area contributed by atoms with Gasteiger partial charge in [0.1, 0.15) is 17.7 Å². The molecule has 4 heteroatoms. The number of nitrogens with one attached hydrogen (secondary N) is 1. The van der Waals surface area contributed by atoms with Crippen LogP contribution in [-0.4, -0.2) is 18.1 Å². The van der Waals surface area contributed by atoms with Gasteiger partial charge in [0.2, 0.25) is 0 Å². The minimum Gasteiger partial charge on any atom is -0.357 e. The van der Waals surface area contributed by atoms with E-state index in [4.69, 9.17) is 0 Å². The Labute approximate surface area is 111 Å². The average molecular weight is 255 g/mol.